The number of aryl methyl sites for hydroxylation is 1. The molecule has 0 fully saturated rings. The Bertz CT molecular complexity index is 896. The van der Waals surface area contributed by atoms with Crippen molar-refractivity contribution in [3.63, 3.8) is 0 Å². The zero-order chi connectivity index (χ0) is 19.3. The molecule has 8 heteroatoms. The molecule has 0 saturated heterocycles. The highest BCUT2D eigenvalue weighted by Gasteiger charge is 2.23. The van der Waals surface area contributed by atoms with Crippen LogP contribution in [-0.4, -0.2) is 40.6 Å². The summed E-state index contributed by atoms with van der Waals surface area (Å²) in [6, 6.07) is 7.34. The SMILES string of the molecule is CCCCn1c(SC(C)C#N)nc2cc(S(=O)(=O)N(CC)CC)ccc21. The third-order valence-electron chi connectivity index (χ3n) is 4.23. The van der Waals surface area contributed by atoms with Gasteiger partial charge < -0.3 is 4.57 Å². The maximum atomic E-state index is 12.8. The van der Waals surface area contributed by atoms with Crippen molar-refractivity contribution in [2.45, 2.75) is 62.4 Å². The number of imidazole rings is 1. The largest absolute Gasteiger partial charge is 0.319 e. The van der Waals surface area contributed by atoms with Gasteiger partial charge >= 0.3 is 0 Å². The molecule has 0 N–H and O–H groups in total. The first-order valence-corrected chi connectivity index (χ1v) is 11.3. The Morgan fingerprint density at radius 2 is 2.00 bits per heavy atom. The molecule has 26 heavy (non-hydrogen) atoms. The van der Waals surface area contributed by atoms with Gasteiger partial charge in [0, 0.05) is 19.6 Å². The van der Waals surface area contributed by atoms with Gasteiger partial charge in [-0.2, -0.15) is 9.57 Å². The van der Waals surface area contributed by atoms with Crippen molar-refractivity contribution < 1.29 is 8.42 Å². The maximum absolute atomic E-state index is 12.8. The van der Waals surface area contributed by atoms with Gasteiger partial charge in [-0.3, -0.25) is 0 Å². The number of nitrogens with zero attached hydrogens (tertiary/aromatic N) is 4. The molecule has 1 atom stereocenters. The van der Waals surface area contributed by atoms with Gasteiger partial charge in [0.1, 0.15) is 0 Å². The Hall–Kier alpha value is -1.56. The molecular formula is C18H26N4O2S2. The number of hydrogen-bond donors (Lipinski definition) is 0. The number of sulfonamides is 1. The van der Waals surface area contributed by atoms with E-state index in [2.05, 4.69) is 22.5 Å². The summed E-state index contributed by atoms with van der Waals surface area (Å²) in [4.78, 5) is 4.89. The highest BCUT2D eigenvalue weighted by Crippen LogP contribution is 2.29. The summed E-state index contributed by atoms with van der Waals surface area (Å²) in [6.07, 6.45) is 2.05. The van der Waals surface area contributed by atoms with Crippen molar-refractivity contribution >= 4 is 32.8 Å². The van der Waals surface area contributed by atoms with Gasteiger partial charge in [-0.1, -0.05) is 39.0 Å². The minimum atomic E-state index is -3.52. The second-order valence-electron chi connectivity index (χ2n) is 6.03. The van der Waals surface area contributed by atoms with Gasteiger partial charge in [0.25, 0.3) is 0 Å². The van der Waals surface area contributed by atoms with Crippen LogP contribution in [0.3, 0.4) is 0 Å². The van der Waals surface area contributed by atoms with E-state index in [0.717, 1.165) is 30.1 Å². The van der Waals surface area contributed by atoms with Crippen LogP contribution in [0.15, 0.2) is 28.3 Å². The van der Waals surface area contributed by atoms with E-state index in [4.69, 9.17) is 5.26 Å². The lowest BCUT2D eigenvalue weighted by Crippen LogP contribution is -2.30. The van der Waals surface area contributed by atoms with Crippen molar-refractivity contribution in [2.75, 3.05) is 13.1 Å². The highest BCUT2D eigenvalue weighted by molar-refractivity contribution is 8.00. The van der Waals surface area contributed by atoms with Crippen LogP contribution in [-0.2, 0) is 16.6 Å². The molecule has 1 heterocycles. The first-order valence-electron chi connectivity index (χ1n) is 8.95. The molecule has 0 aliphatic heterocycles. The van der Waals surface area contributed by atoms with E-state index in [1.807, 2.05) is 26.8 Å². The summed E-state index contributed by atoms with van der Waals surface area (Å²) in [7, 11) is -3.52. The van der Waals surface area contributed by atoms with Crippen molar-refractivity contribution in [1.82, 2.24) is 13.9 Å². The number of nitriles is 1. The topological polar surface area (TPSA) is 79.0 Å². The number of thioether (sulfide) groups is 1. The number of rotatable bonds is 9. The summed E-state index contributed by atoms with van der Waals surface area (Å²) < 4.78 is 29.1. The van der Waals surface area contributed by atoms with E-state index in [1.165, 1.54) is 16.1 Å². The minimum Gasteiger partial charge on any atom is -0.319 e. The molecule has 0 bridgehead atoms. The summed E-state index contributed by atoms with van der Waals surface area (Å²) in [5.41, 5.74) is 1.56. The van der Waals surface area contributed by atoms with Gasteiger partial charge in [0.05, 0.1) is 27.2 Å². The monoisotopic (exact) mass is 394 g/mol. The predicted octanol–water partition coefficient (Wildman–Crippen LogP) is 3.87. The zero-order valence-electron chi connectivity index (χ0n) is 15.8. The molecule has 142 valence electrons. The van der Waals surface area contributed by atoms with Crippen LogP contribution in [0.25, 0.3) is 11.0 Å². The fourth-order valence-electron chi connectivity index (χ4n) is 2.77. The van der Waals surface area contributed by atoms with E-state index in [9.17, 15) is 8.42 Å². The average Bonchev–Trinajstić information content (AvgIpc) is 2.96. The average molecular weight is 395 g/mol. The summed E-state index contributed by atoms with van der Waals surface area (Å²) in [5, 5.41) is 9.66. The van der Waals surface area contributed by atoms with Crippen molar-refractivity contribution in [1.29, 1.82) is 5.26 Å². The van der Waals surface area contributed by atoms with E-state index in [1.54, 1.807) is 12.1 Å². The number of unbranched alkanes of at least 4 members (excludes halogenated alkanes) is 1. The first kappa shape index (κ1) is 20.7. The van der Waals surface area contributed by atoms with E-state index >= 15 is 0 Å². The van der Waals surface area contributed by atoms with Gasteiger partial charge in [0.15, 0.2) is 5.16 Å². The second-order valence-corrected chi connectivity index (χ2v) is 9.27. The van der Waals surface area contributed by atoms with Gasteiger partial charge in [-0.05, 0) is 31.5 Å². The van der Waals surface area contributed by atoms with Crippen LogP contribution in [0, 0.1) is 11.3 Å². The summed E-state index contributed by atoms with van der Waals surface area (Å²) in [5.74, 6) is 0. The summed E-state index contributed by atoms with van der Waals surface area (Å²) >= 11 is 1.41. The highest BCUT2D eigenvalue weighted by atomic mass is 32.2. The molecule has 6 nitrogen and oxygen atoms in total. The Morgan fingerprint density at radius 3 is 2.58 bits per heavy atom. The number of aromatic nitrogens is 2. The molecule has 1 aromatic heterocycles. The van der Waals surface area contributed by atoms with Crippen LogP contribution in [0.1, 0.15) is 40.5 Å². The maximum Gasteiger partial charge on any atom is 0.243 e. The van der Waals surface area contributed by atoms with Gasteiger partial charge in [0.2, 0.25) is 10.0 Å². The van der Waals surface area contributed by atoms with Crippen LogP contribution in [0.4, 0.5) is 0 Å². The molecule has 1 aromatic carbocycles. The second kappa shape index (κ2) is 8.89. The molecule has 0 amide bonds. The van der Waals surface area contributed by atoms with Crippen molar-refractivity contribution in [3.8, 4) is 6.07 Å². The minimum absolute atomic E-state index is 0.217. The normalized spacial score (nSPS) is 13.2. The van der Waals surface area contributed by atoms with E-state index in [-0.39, 0.29) is 10.1 Å². The van der Waals surface area contributed by atoms with Gasteiger partial charge in [-0.15, -0.1) is 0 Å². The standard InChI is InChI=1S/C18H26N4O2S2/c1-5-8-11-22-17-10-9-15(26(23,24)21(6-2)7-3)12-16(17)20-18(22)25-14(4)13-19/h9-10,12,14H,5-8,11H2,1-4H3. The Labute approximate surface area is 160 Å². The molecule has 0 saturated carbocycles. The Balaban J connectivity index is 2.54. The Kier molecular flexibility index (Phi) is 7.09. The predicted molar refractivity (Wildman–Crippen MR) is 106 cm³/mol. The number of fused-ring (bicyclic) bond motifs is 1. The van der Waals surface area contributed by atoms with E-state index in [0.29, 0.717) is 18.6 Å². The van der Waals surface area contributed by atoms with Crippen LogP contribution < -0.4 is 0 Å². The Morgan fingerprint density at radius 1 is 1.31 bits per heavy atom. The zero-order valence-corrected chi connectivity index (χ0v) is 17.4. The molecule has 1 unspecified atom stereocenters. The molecule has 2 rings (SSSR count). The lowest BCUT2D eigenvalue weighted by atomic mass is 10.3. The number of benzene rings is 1. The van der Waals surface area contributed by atoms with Crippen LogP contribution in [0.2, 0.25) is 0 Å². The molecule has 0 aliphatic rings. The molecule has 0 spiro atoms. The van der Waals surface area contributed by atoms with Crippen molar-refractivity contribution in [2.24, 2.45) is 0 Å². The smallest absolute Gasteiger partial charge is 0.243 e. The summed E-state index contributed by atoms with van der Waals surface area (Å²) in [6.45, 7) is 9.29. The first-order chi connectivity index (χ1) is 12.4. The fraction of sp³-hybridized carbons (Fsp3) is 0.556. The van der Waals surface area contributed by atoms with Crippen LogP contribution in [0.5, 0.6) is 0 Å². The quantitative estimate of drug-likeness (QED) is 0.603. The van der Waals surface area contributed by atoms with Gasteiger partial charge in [-0.25, -0.2) is 13.4 Å². The lowest BCUT2D eigenvalue weighted by Gasteiger charge is -2.18. The van der Waals surface area contributed by atoms with Crippen LogP contribution >= 0.6 is 11.8 Å². The molecule has 2 aromatic rings. The number of hydrogen-bond acceptors (Lipinski definition) is 5. The fourth-order valence-corrected chi connectivity index (χ4v) is 5.08. The third-order valence-corrected chi connectivity index (χ3v) is 7.25. The molecular weight excluding hydrogens is 368 g/mol. The lowest BCUT2D eigenvalue weighted by molar-refractivity contribution is 0.445. The van der Waals surface area contributed by atoms with Crippen molar-refractivity contribution in [3.05, 3.63) is 18.2 Å². The third kappa shape index (κ3) is 4.22. The molecule has 0 aliphatic carbocycles. The molecule has 0 radical (unpaired) electrons. The van der Waals surface area contributed by atoms with E-state index < -0.39 is 10.0 Å².